The maximum atomic E-state index is 6.46. The Morgan fingerprint density at radius 2 is 1.02 bits per heavy atom. The minimum absolute atomic E-state index is 0.346. The van der Waals surface area contributed by atoms with Crippen molar-refractivity contribution in [3.63, 3.8) is 0 Å². The molecule has 1 aromatic heterocycles. The van der Waals surface area contributed by atoms with Crippen molar-refractivity contribution in [2.45, 2.75) is 6.17 Å². The van der Waals surface area contributed by atoms with E-state index in [1.54, 1.807) is 0 Å². The van der Waals surface area contributed by atoms with Gasteiger partial charge in [0.15, 0.2) is 5.84 Å². The number of nitrogens with one attached hydrogen (secondary N) is 1. The van der Waals surface area contributed by atoms with Crippen LogP contribution in [0.15, 0.2) is 202 Å². The summed E-state index contributed by atoms with van der Waals surface area (Å²) in [6.45, 7) is 0. The maximum absolute atomic E-state index is 6.46. The summed E-state index contributed by atoms with van der Waals surface area (Å²) >= 11 is 0. The van der Waals surface area contributed by atoms with E-state index in [2.05, 4.69) is 169 Å². The average Bonchev–Trinajstić information content (AvgIpc) is 3.62. The van der Waals surface area contributed by atoms with Crippen molar-refractivity contribution in [3.05, 3.63) is 205 Å². The van der Waals surface area contributed by atoms with Gasteiger partial charge in [-0.05, 0) is 74.0 Å². The molecule has 0 saturated carbocycles. The molecule has 0 aliphatic carbocycles. The summed E-state index contributed by atoms with van der Waals surface area (Å²) in [5.74, 6) is 1.44. The van der Waals surface area contributed by atoms with Gasteiger partial charge in [0.2, 0.25) is 0 Å². The first-order valence-corrected chi connectivity index (χ1v) is 17.9. The molecule has 1 aliphatic heterocycles. The van der Waals surface area contributed by atoms with Crippen LogP contribution in [0.2, 0.25) is 0 Å². The number of aliphatic imine (C=N–C) groups is 2. The Hall–Kier alpha value is -7.04. The van der Waals surface area contributed by atoms with Gasteiger partial charge >= 0.3 is 0 Å². The van der Waals surface area contributed by atoms with Gasteiger partial charge < -0.3 is 9.73 Å². The summed E-state index contributed by atoms with van der Waals surface area (Å²) in [7, 11) is 0. The summed E-state index contributed by atoms with van der Waals surface area (Å²) in [4.78, 5) is 10.5. The van der Waals surface area contributed by atoms with Crippen molar-refractivity contribution in [1.82, 2.24) is 5.32 Å². The van der Waals surface area contributed by atoms with Crippen molar-refractivity contribution in [3.8, 4) is 33.4 Å². The second kappa shape index (κ2) is 12.9. The topological polar surface area (TPSA) is 49.9 Å². The van der Waals surface area contributed by atoms with Crippen LogP contribution >= 0.6 is 0 Å². The van der Waals surface area contributed by atoms with Gasteiger partial charge in [0.1, 0.15) is 23.2 Å². The fourth-order valence-corrected chi connectivity index (χ4v) is 7.39. The molecule has 1 unspecified atom stereocenters. The third-order valence-corrected chi connectivity index (χ3v) is 10.2. The van der Waals surface area contributed by atoms with Gasteiger partial charge in [0, 0.05) is 21.9 Å². The summed E-state index contributed by atoms with van der Waals surface area (Å²) in [6.07, 6.45) is -0.346. The molecule has 9 aromatic rings. The molecule has 2 heterocycles. The SMILES string of the molecule is c1ccc(-c2ccc(-c3ccc4oc5cccc(C6=NC(c7ccc(-c8ccccc8)cc7)NC(c7ccc8ccccc8c7)=N6)c5c4c3)cc2)cc1. The molecule has 10 rings (SSSR count). The molecule has 250 valence electrons. The Kier molecular flexibility index (Phi) is 7.51. The summed E-state index contributed by atoms with van der Waals surface area (Å²) in [6, 6.07) is 65.9. The standard InChI is InChI=1S/C49H33N3O/c1-3-10-32(11-4-1)35-18-20-37(21-19-35)40-28-29-44-43(31-40)46-42(16-9-17-45(46)53-44)49-51-47(38-25-22-36(23-26-38)33-12-5-2-6-13-33)50-48(52-49)41-27-24-34-14-7-8-15-39(34)30-41/h1-31,47H,(H,50,51,52). The Labute approximate surface area is 307 Å². The second-order valence-electron chi connectivity index (χ2n) is 13.4. The highest BCUT2D eigenvalue weighted by atomic mass is 16.3. The smallest absolute Gasteiger partial charge is 0.160 e. The Balaban J connectivity index is 1.09. The highest BCUT2D eigenvalue weighted by molar-refractivity contribution is 6.22. The lowest BCUT2D eigenvalue weighted by Crippen LogP contribution is -2.33. The molecule has 1 N–H and O–H groups in total. The molecule has 0 spiro atoms. The lowest BCUT2D eigenvalue weighted by molar-refractivity contribution is 0.668. The van der Waals surface area contributed by atoms with Crippen molar-refractivity contribution >= 4 is 44.4 Å². The normalized spacial score (nSPS) is 14.2. The van der Waals surface area contributed by atoms with Gasteiger partial charge in [-0.15, -0.1) is 0 Å². The van der Waals surface area contributed by atoms with Crippen LogP contribution < -0.4 is 5.32 Å². The lowest BCUT2D eigenvalue weighted by atomic mass is 9.98. The summed E-state index contributed by atoms with van der Waals surface area (Å²) < 4.78 is 6.46. The quantitative estimate of drug-likeness (QED) is 0.190. The van der Waals surface area contributed by atoms with E-state index in [0.29, 0.717) is 5.84 Å². The van der Waals surface area contributed by atoms with Gasteiger partial charge in [0.25, 0.3) is 0 Å². The van der Waals surface area contributed by atoms with Gasteiger partial charge in [-0.2, -0.15) is 0 Å². The number of benzene rings is 8. The van der Waals surface area contributed by atoms with E-state index in [1.165, 1.54) is 22.1 Å². The molecular formula is C49H33N3O. The number of nitrogens with zero attached hydrogens (tertiary/aromatic N) is 2. The molecule has 0 amide bonds. The number of rotatable bonds is 6. The Morgan fingerprint density at radius 1 is 0.434 bits per heavy atom. The van der Waals surface area contributed by atoms with Gasteiger partial charge in [-0.3, -0.25) is 0 Å². The zero-order valence-electron chi connectivity index (χ0n) is 28.8. The van der Waals surface area contributed by atoms with Crippen molar-refractivity contribution in [2.75, 3.05) is 0 Å². The molecule has 53 heavy (non-hydrogen) atoms. The fourth-order valence-electron chi connectivity index (χ4n) is 7.39. The Morgan fingerprint density at radius 3 is 1.74 bits per heavy atom. The van der Waals surface area contributed by atoms with Crippen LogP contribution in [0.4, 0.5) is 0 Å². The average molecular weight is 680 g/mol. The van der Waals surface area contributed by atoms with E-state index in [4.69, 9.17) is 14.4 Å². The first kappa shape index (κ1) is 30.8. The van der Waals surface area contributed by atoms with E-state index in [-0.39, 0.29) is 6.17 Å². The highest BCUT2D eigenvalue weighted by Gasteiger charge is 2.24. The van der Waals surface area contributed by atoms with E-state index < -0.39 is 0 Å². The predicted molar refractivity (Wildman–Crippen MR) is 219 cm³/mol. The van der Waals surface area contributed by atoms with Gasteiger partial charge in [0.05, 0.1) is 0 Å². The third-order valence-electron chi connectivity index (χ3n) is 10.2. The highest BCUT2D eigenvalue weighted by Crippen LogP contribution is 2.37. The molecule has 0 bridgehead atoms. The summed E-state index contributed by atoms with van der Waals surface area (Å²) in [5, 5.41) is 8.07. The molecule has 0 radical (unpaired) electrons. The van der Waals surface area contributed by atoms with Gasteiger partial charge in [-0.1, -0.05) is 164 Å². The lowest BCUT2D eigenvalue weighted by Gasteiger charge is -2.24. The second-order valence-corrected chi connectivity index (χ2v) is 13.4. The number of furan rings is 1. The van der Waals surface area contributed by atoms with Crippen LogP contribution in [0.1, 0.15) is 22.9 Å². The number of amidine groups is 2. The molecule has 1 atom stereocenters. The number of fused-ring (bicyclic) bond motifs is 4. The van der Waals surface area contributed by atoms with E-state index in [0.717, 1.165) is 66.5 Å². The molecule has 0 saturated heterocycles. The zero-order chi connectivity index (χ0) is 35.1. The van der Waals surface area contributed by atoms with Crippen LogP contribution in [-0.2, 0) is 0 Å². The minimum atomic E-state index is -0.346. The van der Waals surface area contributed by atoms with Gasteiger partial charge in [-0.25, -0.2) is 9.98 Å². The van der Waals surface area contributed by atoms with E-state index in [9.17, 15) is 0 Å². The van der Waals surface area contributed by atoms with Crippen LogP contribution in [0.5, 0.6) is 0 Å². The van der Waals surface area contributed by atoms with Crippen molar-refractivity contribution in [2.24, 2.45) is 9.98 Å². The molecule has 1 aliphatic rings. The third kappa shape index (κ3) is 5.77. The zero-order valence-corrected chi connectivity index (χ0v) is 28.8. The predicted octanol–water partition coefficient (Wildman–Crippen LogP) is 12.2. The Bertz CT molecular complexity index is 2830. The number of hydrogen-bond donors (Lipinski definition) is 1. The molecule has 4 heteroatoms. The van der Waals surface area contributed by atoms with E-state index in [1.807, 2.05) is 24.3 Å². The molecule has 8 aromatic carbocycles. The van der Waals surface area contributed by atoms with Crippen molar-refractivity contribution < 1.29 is 4.42 Å². The monoisotopic (exact) mass is 679 g/mol. The van der Waals surface area contributed by atoms with E-state index >= 15 is 0 Å². The first-order valence-electron chi connectivity index (χ1n) is 17.9. The molecule has 0 fully saturated rings. The minimum Gasteiger partial charge on any atom is -0.456 e. The van der Waals surface area contributed by atoms with Crippen molar-refractivity contribution in [1.29, 1.82) is 0 Å². The first-order chi connectivity index (χ1) is 26.2. The molecule has 4 nitrogen and oxygen atoms in total. The number of hydrogen-bond acceptors (Lipinski definition) is 4. The van der Waals surface area contributed by atoms with Crippen LogP contribution in [-0.4, -0.2) is 11.7 Å². The van der Waals surface area contributed by atoms with Crippen LogP contribution in [0.25, 0.3) is 66.1 Å². The maximum Gasteiger partial charge on any atom is 0.160 e. The largest absolute Gasteiger partial charge is 0.456 e. The summed E-state index contributed by atoms with van der Waals surface area (Å²) in [5.41, 5.74) is 11.7. The van der Waals surface area contributed by atoms with Crippen LogP contribution in [0, 0.1) is 0 Å². The molecular weight excluding hydrogens is 647 g/mol. The van der Waals surface area contributed by atoms with Crippen LogP contribution in [0.3, 0.4) is 0 Å². The fraction of sp³-hybridized carbons (Fsp3) is 0.0204.